The minimum Gasteiger partial charge on any atom is -0.374 e. The Morgan fingerprint density at radius 2 is 1.38 bits per heavy atom. The Morgan fingerprint density at radius 3 is 1.96 bits per heavy atom. The SMILES string of the molecule is O=C(/C=C\N1CCN(c2ccc(Cl)cc2)CC1)c1ccc(Cl)cc1. The molecular weight excluding hydrogens is 343 g/mol. The van der Waals surface area contributed by atoms with Gasteiger partial charge in [-0.15, -0.1) is 0 Å². The van der Waals surface area contributed by atoms with E-state index in [0.717, 1.165) is 31.2 Å². The van der Waals surface area contributed by atoms with Crippen LogP contribution >= 0.6 is 23.2 Å². The lowest BCUT2D eigenvalue weighted by Crippen LogP contribution is -2.44. The zero-order valence-electron chi connectivity index (χ0n) is 13.2. The third-order valence-electron chi connectivity index (χ3n) is 4.07. The maximum absolute atomic E-state index is 12.1. The second-order valence-electron chi connectivity index (χ2n) is 5.69. The molecule has 124 valence electrons. The molecule has 0 spiro atoms. The maximum atomic E-state index is 12.1. The van der Waals surface area contributed by atoms with Crippen molar-refractivity contribution in [1.29, 1.82) is 0 Å². The van der Waals surface area contributed by atoms with Gasteiger partial charge in [0.05, 0.1) is 0 Å². The van der Waals surface area contributed by atoms with Crippen molar-refractivity contribution in [3.8, 4) is 0 Å². The number of carbonyl (C=O) groups excluding carboxylic acids is 1. The van der Waals surface area contributed by atoms with Gasteiger partial charge in [0, 0.05) is 59.8 Å². The van der Waals surface area contributed by atoms with E-state index in [2.05, 4.69) is 9.80 Å². The number of hydrogen-bond donors (Lipinski definition) is 0. The minimum absolute atomic E-state index is 0.00759. The van der Waals surface area contributed by atoms with Crippen LogP contribution in [0.15, 0.2) is 60.8 Å². The van der Waals surface area contributed by atoms with Gasteiger partial charge in [-0.25, -0.2) is 0 Å². The summed E-state index contributed by atoms with van der Waals surface area (Å²) in [5.74, 6) is -0.00759. The minimum atomic E-state index is -0.00759. The molecule has 1 aliphatic heterocycles. The van der Waals surface area contributed by atoms with Gasteiger partial charge in [-0.3, -0.25) is 4.79 Å². The smallest absolute Gasteiger partial charge is 0.187 e. The largest absolute Gasteiger partial charge is 0.374 e. The van der Waals surface area contributed by atoms with E-state index in [1.807, 2.05) is 30.5 Å². The van der Waals surface area contributed by atoms with E-state index in [-0.39, 0.29) is 5.78 Å². The number of nitrogens with zero attached hydrogens (tertiary/aromatic N) is 2. The van der Waals surface area contributed by atoms with Crippen molar-refractivity contribution in [3.05, 3.63) is 76.4 Å². The Hall–Kier alpha value is -1.97. The van der Waals surface area contributed by atoms with Crippen molar-refractivity contribution in [1.82, 2.24) is 4.90 Å². The lowest BCUT2D eigenvalue weighted by Gasteiger charge is -2.35. The van der Waals surface area contributed by atoms with E-state index < -0.39 is 0 Å². The highest BCUT2D eigenvalue weighted by Gasteiger charge is 2.15. The molecule has 5 heteroatoms. The molecule has 0 atom stereocenters. The first kappa shape index (κ1) is 16.9. The van der Waals surface area contributed by atoms with E-state index >= 15 is 0 Å². The molecule has 1 saturated heterocycles. The number of carbonyl (C=O) groups is 1. The summed E-state index contributed by atoms with van der Waals surface area (Å²) in [6.45, 7) is 3.60. The third kappa shape index (κ3) is 4.31. The number of halogens is 2. The Kier molecular flexibility index (Phi) is 5.44. The molecule has 1 fully saturated rings. The van der Waals surface area contributed by atoms with E-state index in [4.69, 9.17) is 23.2 Å². The Balaban J connectivity index is 1.54. The fraction of sp³-hybridized carbons (Fsp3) is 0.211. The molecule has 0 aromatic heterocycles. The van der Waals surface area contributed by atoms with E-state index in [0.29, 0.717) is 10.6 Å². The second kappa shape index (κ2) is 7.73. The lowest BCUT2D eigenvalue weighted by atomic mass is 10.1. The highest BCUT2D eigenvalue weighted by atomic mass is 35.5. The van der Waals surface area contributed by atoms with Gasteiger partial charge in [0.15, 0.2) is 5.78 Å². The summed E-state index contributed by atoms with van der Waals surface area (Å²) in [6.07, 6.45) is 3.51. The summed E-state index contributed by atoms with van der Waals surface area (Å²) in [7, 11) is 0. The molecule has 1 heterocycles. The number of anilines is 1. The molecule has 0 amide bonds. The first-order chi connectivity index (χ1) is 11.6. The van der Waals surface area contributed by atoms with Crippen molar-refractivity contribution in [3.63, 3.8) is 0 Å². The number of allylic oxidation sites excluding steroid dienone is 1. The summed E-state index contributed by atoms with van der Waals surface area (Å²) in [5.41, 5.74) is 1.83. The Labute approximate surface area is 152 Å². The maximum Gasteiger partial charge on any atom is 0.187 e. The quantitative estimate of drug-likeness (QED) is 0.591. The topological polar surface area (TPSA) is 23.6 Å². The number of rotatable bonds is 4. The molecular formula is C19H18Cl2N2O. The van der Waals surface area contributed by atoms with E-state index in [1.54, 1.807) is 30.3 Å². The normalized spacial score (nSPS) is 15.1. The van der Waals surface area contributed by atoms with Crippen LogP contribution in [0.2, 0.25) is 10.0 Å². The van der Waals surface area contributed by atoms with Crippen LogP contribution in [-0.2, 0) is 0 Å². The average molecular weight is 361 g/mol. The molecule has 2 aromatic rings. The standard InChI is InChI=1S/C19H18Cl2N2O/c20-16-3-1-15(2-4-16)19(24)9-10-22-11-13-23(14-12-22)18-7-5-17(21)6-8-18/h1-10H,11-14H2/b10-9-. The fourth-order valence-corrected chi connectivity index (χ4v) is 2.92. The van der Waals surface area contributed by atoms with Crippen molar-refractivity contribution >= 4 is 34.7 Å². The molecule has 0 aliphatic carbocycles. The zero-order chi connectivity index (χ0) is 16.9. The summed E-state index contributed by atoms with van der Waals surface area (Å²) in [4.78, 5) is 16.6. The summed E-state index contributed by atoms with van der Waals surface area (Å²) in [5, 5.41) is 1.38. The number of benzene rings is 2. The van der Waals surface area contributed by atoms with Gasteiger partial charge in [-0.05, 0) is 48.5 Å². The molecule has 0 saturated carbocycles. The molecule has 0 radical (unpaired) electrons. The van der Waals surface area contributed by atoms with Crippen LogP contribution in [0.4, 0.5) is 5.69 Å². The number of hydrogen-bond acceptors (Lipinski definition) is 3. The van der Waals surface area contributed by atoms with Crippen LogP contribution in [0, 0.1) is 0 Å². The third-order valence-corrected chi connectivity index (χ3v) is 4.58. The average Bonchev–Trinajstić information content (AvgIpc) is 2.61. The van der Waals surface area contributed by atoms with Crippen LogP contribution in [-0.4, -0.2) is 36.9 Å². The van der Waals surface area contributed by atoms with E-state index in [9.17, 15) is 4.79 Å². The molecule has 3 rings (SSSR count). The summed E-state index contributed by atoms with van der Waals surface area (Å²) >= 11 is 11.8. The van der Waals surface area contributed by atoms with Gasteiger partial charge in [0.1, 0.15) is 0 Å². The predicted molar refractivity (Wildman–Crippen MR) is 100 cm³/mol. The zero-order valence-corrected chi connectivity index (χ0v) is 14.7. The molecule has 3 nitrogen and oxygen atoms in total. The van der Waals surface area contributed by atoms with Crippen LogP contribution in [0.3, 0.4) is 0 Å². The molecule has 24 heavy (non-hydrogen) atoms. The first-order valence-corrected chi connectivity index (χ1v) is 8.60. The molecule has 0 bridgehead atoms. The molecule has 1 aliphatic rings. The van der Waals surface area contributed by atoms with Gasteiger partial charge in [-0.2, -0.15) is 0 Å². The Bertz CT molecular complexity index is 718. The molecule has 2 aromatic carbocycles. The van der Waals surface area contributed by atoms with Crippen molar-refractivity contribution < 1.29 is 4.79 Å². The van der Waals surface area contributed by atoms with Crippen molar-refractivity contribution in [2.45, 2.75) is 0 Å². The van der Waals surface area contributed by atoms with Gasteiger partial charge < -0.3 is 9.80 Å². The lowest BCUT2D eigenvalue weighted by molar-refractivity contribution is 0.104. The second-order valence-corrected chi connectivity index (χ2v) is 6.56. The molecule has 0 unspecified atom stereocenters. The summed E-state index contributed by atoms with van der Waals surface area (Å²) in [6, 6.07) is 14.8. The predicted octanol–water partition coefficient (Wildman–Crippen LogP) is 4.51. The van der Waals surface area contributed by atoms with E-state index in [1.165, 1.54) is 5.69 Å². The van der Waals surface area contributed by atoms with Gasteiger partial charge in [0.25, 0.3) is 0 Å². The molecule has 0 N–H and O–H groups in total. The van der Waals surface area contributed by atoms with Gasteiger partial charge in [-0.1, -0.05) is 23.2 Å². The monoisotopic (exact) mass is 360 g/mol. The van der Waals surface area contributed by atoms with Crippen molar-refractivity contribution in [2.24, 2.45) is 0 Å². The van der Waals surface area contributed by atoms with Gasteiger partial charge in [0.2, 0.25) is 0 Å². The van der Waals surface area contributed by atoms with Crippen LogP contribution in [0.5, 0.6) is 0 Å². The summed E-state index contributed by atoms with van der Waals surface area (Å²) < 4.78 is 0. The Morgan fingerprint density at radius 1 is 0.833 bits per heavy atom. The van der Waals surface area contributed by atoms with Crippen molar-refractivity contribution in [2.75, 3.05) is 31.1 Å². The van der Waals surface area contributed by atoms with Crippen LogP contribution < -0.4 is 4.90 Å². The number of piperazine rings is 1. The van der Waals surface area contributed by atoms with Crippen LogP contribution in [0.1, 0.15) is 10.4 Å². The highest BCUT2D eigenvalue weighted by molar-refractivity contribution is 6.31. The van der Waals surface area contributed by atoms with Crippen LogP contribution in [0.25, 0.3) is 0 Å². The van der Waals surface area contributed by atoms with Gasteiger partial charge >= 0.3 is 0 Å². The fourth-order valence-electron chi connectivity index (χ4n) is 2.66. The number of ketones is 1. The first-order valence-electron chi connectivity index (χ1n) is 7.84. The highest BCUT2D eigenvalue weighted by Crippen LogP contribution is 2.19.